The van der Waals surface area contributed by atoms with Gasteiger partial charge < -0.3 is 10.4 Å². The van der Waals surface area contributed by atoms with Crippen LogP contribution in [0.2, 0.25) is 0 Å². The van der Waals surface area contributed by atoms with Crippen LogP contribution in [-0.2, 0) is 6.54 Å². The number of aromatic hydroxyl groups is 1. The van der Waals surface area contributed by atoms with Gasteiger partial charge in [0, 0.05) is 36.3 Å². The third kappa shape index (κ3) is 3.01. The first-order valence-corrected chi connectivity index (χ1v) is 8.54. The Labute approximate surface area is 155 Å². The minimum absolute atomic E-state index is 0.0801. The SMILES string of the molecule is CCn1cc(-c2ccnc3c(C(=O)Nc4cccc(O)c4)cnn23)c(C)n1. The van der Waals surface area contributed by atoms with E-state index in [1.54, 1.807) is 22.8 Å². The molecule has 4 aromatic rings. The highest BCUT2D eigenvalue weighted by Crippen LogP contribution is 2.24. The maximum Gasteiger partial charge on any atom is 0.261 e. The van der Waals surface area contributed by atoms with E-state index in [4.69, 9.17) is 0 Å². The van der Waals surface area contributed by atoms with Gasteiger partial charge in [0.05, 0.1) is 17.6 Å². The number of hydrogen-bond acceptors (Lipinski definition) is 5. The van der Waals surface area contributed by atoms with E-state index < -0.39 is 0 Å². The van der Waals surface area contributed by atoms with Gasteiger partial charge in [0.15, 0.2) is 5.65 Å². The van der Waals surface area contributed by atoms with Gasteiger partial charge >= 0.3 is 0 Å². The maximum absolute atomic E-state index is 12.7. The Kier molecular flexibility index (Phi) is 4.08. The number of phenolic OH excluding ortho intramolecular Hbond substituents is 1. The zero-order valence-corrected chi connectivity index (χ0v) is 14.9. The normalized spacial score (nSPS) is 11.0. The number of benzene rings is 1. The van der Waals surface area contributed by atoms with Crippen LogP contribution in [0.1, 0.15) is 23.0 Å². The van der Waals surface area contributed by atoms with E-state index in [2.05, 4.69) is 20.5 Å². The molecule has 4 rings (SSSR count). The Morgan fingerprint density at radius 2 is 2.15 bits per heavy atom. The number of fused-ring (bicyclic) bond motifs is 1. The maximum atomic E-state index is 12.7. The summed E-state index contributed by atoms with van der Waals surface area (Å²) < 4.78 is 3.50. The predicted molar refractivity (Wildman–Crippen MR) is 101 cm³/mol. The van der Waals surface area contributed by atoms with Gasteiger partial charge in [-0.25, -0.2) is 9.50 Å². The molecule has 0 radical (unpaired) electrons. The fourth-order valence-electron chi connectivity index (χ4n) is 2.97. The highest BCUT2D eigenvalue weighted by Gasteiger charge is 2.18. The third-order valence-electron chi connectivity index (χ3n) is 4.30. The summed E-state index contributed by atoms with van der Waals surface area (Å²) >= 11 is 0. The first kappa shape index (κ1) is 16.8. The first-order valence-electron chi connectivity index (χ1n) is 8.54. The van der Waals surface area contributed by atoms with Crippen LogP contribution in [0.15, 0.2) is 48.9 Å². The Balaban J connectivity index is 1.74. The lowest BCUT2D eigenvalue weighted by molar-refractivity contribution is 0.102. The van der Waals surface area contributed by atoms with Crippen LogP contribution in [0.5, 0.6) is 5.75 Å². The molecule has 1 aromatic carbocycles. The summed E-state index contributed by atoms with van der Waals surface area (Å²) in [5.74, 6) is -0.266. The molecule has 2 N–H and O–H groups in total. The van der Waals surface area contributed by atoms with Crippen LogP contribution in [0, 0.1) is 6.92 Å². The van der Waals surface area contributed by atoms with Crippen molar-refractivity contribution in [1.82, 2.24) is 24.4 Å². The average Bonchev–Trinajstić information content (AvgIpc) is 3.25. The number of aryl methyl sites for hydroxylation is 2. The molecular weight excluding hydrogens is 344 g/mol. The number of carbonyl (C=O) groups excluding carboxylic acids is 1. The summed E-state index contributed by atoms with van der Waals surface area (Å²) in [7, 11) is 0. The van der Waals surface area contributed by atoms with Gasteiger partial charge in [-0.15, -0.1) is 0 Å². The molecule has 8 nitrogen and oxygen atoms in total. The van der Waals surface area contributed by atoms with Crippen molar-refractivity contribution in [3.63, 3.8) is 0 Å². The molecule has 0 atom stereocenters. The van der Waals surface area contributed by atoms with E-state index in [9.17, 15) is 9.90 Å². The van der Waals surface area contributed by atoms with Crippen molar-refractivity contribution in [2.45, 2.75) is 20.4 Å². The molecule has 0 aliphatic heterocycles. The topological polar surface area (TPSA) is 97.3 Å². The highest BCUT2D eigenvalue weighted by molar-refractivity contribution is 6.08. The molecule has 0 bridgehead atoms. The fraction of sp³-hybridized carbons (Fsp3) is 0.158. The van der Waals surface area contributed by atoms with Crippen molar-refractivity contribution in [2.75, 3.05) is 5.32 Å². The Bertz CT molecular complexity index is 1140. The van der Waals surface area contributed by atoms with E-state index in [1.165, 1.54) is 18.3 Å². The number of carbonyl (C=O) groups is 1. The third-order valence-corrected chi connectivity index (χ3v) is 4.30. The second kappa shape index (κ2) is 6.56. The number of rotatable bonds is 4. The van der Waals surface area contributed by atoms with Crippen LogP contribution in [0.25, 0.3) is 16.9 Å². The quantitative estimate of drug-likeness (QED) is 0.582. The van der Waals surface area contributed by atoms with Crippen LogP contribution >= 0.6 is 0 Å². The second-order valence-electron chi connectivity index (χ2n) is 6.11. The van der Waals surface area contributed by atoms with Gasteiger partial charge in [-0.3, -0.25) is 9.48 Å². The molecule has 136 valence electrons. The number of phenols is 1. The second-order valence-corrected chi connectivity index (χ2v) is 6.11. The Hall–Kier alpha value is -3.68. The monoisotopic (exact) mass is 362 g/mol. The minimum atomic E-state index is -0.346. The molecule has 0 aliphatic rings. The predicted octanol–water partition coefficient (Wildman–Crippen LogP) is 2.88. The van der Waals surface area contributed by atoms with Gasteiger partial charge in [0.2, 0.25) is 0 Å². The lowest BCUT2D eigenvalue weighted by atomic mass is 10.2. The van der Waals surface area contributed by atoms with Crippen molar-refractivity contribution in [2.24, 2.45) is 0 Å². The summed E-state index contributed by atoms with van der Waals surface area (Å²) in [6.45, 7) is 4.73. The molecule has 27 heavy (non-hydrogen) atoms. The summed E-state index contributed by atoms with van der Waals surface area (Å²) in [6.07, 6.45) is 5.10. The highest BCUT2D eigenvalue weighted by atomic mass is 16.3. The molecule has 3 aromatic heterocycles. The van der Waals surface area contributed by atoms with Crippen molar-refractivity contribution in [3.8, 4) is 17.0 Å². The zero-order chi connectivity index (χ0) is 19.0. The van der Waals surface area contributed by atoms with Crippen LogP contribution < -0.4 is 5.32 Å². The molecular formula is C19H18N6O2. The summed E-state index contributed by atoms with van der Waals surface area (Å²) in [6, 6.07) is 8.22. The first-order chi connectivity index (χ1) is 13.1. The van der Waals surface area contributed by atoms with Crippen LogP contribution in [0.4, 0.5) is 5.69 Å². The summed E-state index contributed by atoms with van der Waals surface area (Å²) in [5.41, 5.74) is 3.93. The molecule has 0 spiro atoms. The lowest BCUT2D eigenvalue weighted by Gasteiger charge is -2.05. The molecule has 0 fully saturated rings. The van der Waals surface area contributed by atoms with E-state index in [-0.39, 0.29) is 11.7 Å². The van der Waals surface area contributed by atoms with Crippen molar-refractivity contribution >= 4 is 17.2 Å². The molecule has 0 aliphatic carbocycles. The van der Waals surface area contributed by atoms with Crippen molar-refractivity contribution < 1.29 is 9.90 Å². The Morgan fingerprint density at radius 1 is 1.30 bits per heavy atom. The largest absolute Gasteiger partial charge is 0.508 e. The van der Waals surface area contributed by atoms with Gasteiger partial charge in [-0.05, 0) is 32.0 Å². The fourth-order valence-corrected chi connectivity index (χ4v) is 2.97. The van der Waals surface area contributed by atoms with Crippen molar-refractivity contribution in [1.29, 1.82) is 0 Å². The summed E-state index contributed by atoms with van der Waals surface area (Å²) in [5, 5.41) is 21.1. The van der Waals surface area contributed by atoms with Gasteiger partial charge in [-0.1, -0.05) is 6.07 Å². The van der Waals surface area contributed by atoms with Crippen LogP contribution in [-0.4, -0.2) is 35.4 Å². The minimum Gasteiger partial charge on any atom is -0.508 e. The van der Waals surface area contributed by atoms with E-state index >= 15 is 0 Å². The number of hydrogen-bond donors (Lipinski definition) is 2. The average molecular weight is 362 g/mol. The Morgan fingerprint density at radius 3 is 2.89 bits per heavy atom. The smallest absolute Gasteiger partial charge is 0.261 e. The standard InChI is InChI=1S/C19H18N6O2/c1-3-24-11-16(12(2)23-24)17-7-8-20-18-15(10-21-25(17)18)19(27)22-13-5-4-6-14(26)9-13/h4-11,26H,3H2,1-2H3,(H,22,27). The van der Waals surface area contributed by atoms with Crippen LogP contribution in [0.3, 0.4) is 0 Å². The molecule has 0 saturated heterocycles. The molecule has 8 heteroatoms. The molecule has 0 unspecified atom stereocenters. The number of nitrogens with one attached hydrogen (secondary N) is 1. The van der Waals surface area contributed by atoms with Gasteiger partial charge in [-0.2, -0.15) is 10.2 Å². The number of aromatic nitrogens is 5. The van der Waals surface area contributed by atoms with Crippen molar-refractivity contribution in [3.05, 3.63) is 60.2 Å². The van der Waals surface area contributed by atoms with E-state index in [0.29, 0.717) is 16.9 Å². The molecule has 1 amide bonds. The van der Waals surface area contributed by atoms with Gasteiger partial charge in [0.1, 0.15) is 11.3 Å². The number of anilines is 1. The van der Waals surface area contributed by atoms with E-state index in [0.717, 1.165) is 23.5 Å². The number of amides is 1. The number of nitrogens with zero attached hydrogens (tertiary/aromatic N) is 5. The molecule has 0 saturated carbocycles. The van der Waals surface area contributed by atoms with Gasteiger partial charge in [0.25, 0.3) is 5.91 Å². The molecule has 3 heterocycles. The lowest BCUT2D eigenvalue weighted by Crippen LogP contribution is -2.12. The zero-order valence-electron chi connectivity index (χ0n) is 14.9. The van der Waals surface area contributed by atoms with E-state index in [1.807, 2.05) is 30.8 Å². The summed E-state index contributed by atoms with van der Waals surface area (Å²) in [4.78, 5) is 17.0.